The second-order valence-corrected chi connectivity index (χ2v) is 5.29. The average molecular weight is 295 g/mol. The van der Waals surface area contributed by atoms with E-state index in [0.29, 0.717) is 6.61 Å². The fourth-order valence-electron chi connectivity index (χ4n) is 1.53. The predicted molar refractivity (Wildman–Crippen MR) is 87.3 cm³/mol. The van der Waals surface area contributed by atoms with Crippen LogP contribution in [0, 0.1) is 0 Å². The van der Waals surface area contributed by atoms with Crippen LogP contribution in [-0.2, 0) is 4.84 Å². The van der Waals surface area contributed by atoms with Gasteiger partial charge in [0.05, 0.1) is 5.71 Å². The van der Waals surface area contributed by atoms with E-state index in [4.69, 9.17) is 16.4 Å². The summed E-state index contributed by atoms with van der Waals surface area (Å²) in [6, 6.07) is 7.72. The topological polar surface area (TPSA) is 24.8 Å². The summed E-state index contributed by atoms with van der Waals surface area (Å²) in [7, 11) is 4.03. The van der Waals surface area contributed by atoms with E-state index in [9.17, 15) is 0 Å². The molecule has 1 aromatic rings. The lowest BCUT2D eigenvalue weighted by atomic mass is 10.1. The number of allylic oxidation sites excluding steroid dienone is 1. The maximum atomic E-state index is 5.86. The lowest BCUT2D eigenvalue weighted by Crippen LogP contribution is -2.17. The molecule has 0 heterocycles. The van der Waals surface area contributed by atoms with Crippen molar-refractivity contribution in [2.75, 3.05) is 27.2 Å². The molecule has 1 aromatic carbocycles. The molecule has 3 nitrogen and oxygen atoms in total. The highest BCUT2D eigenvalue weighted by Gasteiger charge is 1.96. The molecule has 0 fully saturated rings. The smallest absolute Gasteiger partial charge is 0.129 e. The molecule has 110 valence electrons. The predicted octanol–water partition coefficient (Wildman–Crippen LogP) is 4.09. The number of benzene rings is 1. The quantitative estimate of drug-likeness (QED) is 0.410. The van der Waals surface area contributed by atoms with Crippen LogP contribution in [0.2, 0.25) is 5.02 Å². The van der Waals surface area contributed by atoms with Gasteiger partial charge in [-0.25, -0.2) is 0 Å². The van der Waals surface area contributed by atoms with Crippen LogP contribution in [0.1, 0.15) is 25.3 Å². The zero-order chi connectivity index (χ0) is 14.8. The Bertz CT molecular complexity index is 438. The minimum Gasteiger partial charge on any atom is -0.394 e. The number of rotatable bonds is 8. The summed E-state index contributed by atoms with van der Waals surface area (Å²) in [6.45, 7) is 3.60. The van der Waals surface area contributed by atoms with Crippen LogP contribution >= 0.6 is 11.6 Å². The standard InChI is InChI=1S/C16H23ClN2O/c1-4-5-16(18-20-13-12-19(2)3)11-8-14-6-9-15(17)10-7-14/h6-11H,4-5,12-13H2,1-3H3. The molecule has 0 spiro atoms. The largest absolute Gasteiger partial charge is 0.394 e. The molecule has 20 heavy (non-hydrogen) atoms. The van der Waals surface area contributed by atoms with Crippen molar-refractivity contribution >= 4 is 23.4 Å². The van der Waals surface area contributed by atoms with E-state index < -0.39 is 0 Å². The Morgan fingerprint density at radius 1 is 1.30 bits per heavy atom. The average Bonchev–Trinajstić information content (AvgIpc) is 2.42. The monoisotopic (exact) mass is 294 g/mol. The zero-order valence-electron chi connectivity index (χ0n) is 12.5. The molecule has 0 saturated carbocycles. The van der Waals surface area contributed by atoms with Crippen molar-refractivity contribution in [2.24, 2.45) is 5.16 Å². The van der Waals surface area contributed by atoms with Crippen molar-refractivity contribution in [3.8, 4) is 0 Å². The molecule has 0 N–H and O–H groups in total. The van der Waals surface area contributed by atoms with E-state index in [0.717, 1.165) is 35.7 Å². The molecule has 0 amide bonds. The molecule has 0 atom stereocenters. The number of hydrogen-bond acceptors (Lipinski definition) is 3. The summed E-state index contributed by atoms with van der Waals surface area (Å²) < 4.78 is 0. The van der Waals surface area contributed by atoms with Crippen molar-refractivity contribution in [3.05, 3.63) is 40.9 Å². The van der Waals surface area contributed by atoms with Gasteiger partial charge in [-0.1, -0.05) is 48.3 Å². The minimum atomic E-state index is 0.606. The van der Waals surface area contributed by atoms with Crippen LogP contribution < -0.4 is 0 Å². The second-order valence-electron chi connectivity index (χ2n) is 4.85. The highest BCUT2D eigenvalue weighted by Crippen LogP contribution is 2.11. The van der Waals surface area contributed by atoms with Gasteiger partial charge in [-0.05, 0) is 44.3 Å². The molecular formula is C16H23ClN2O. The summed E-state index contributed by atoms with van der Waals surface area (Å²) in [5.74, 6) is 0. The third kappa shape index (κ3) is 7.31. The van der Waals surface area contributed by atoms with E-state index in [2.05, 4.69) is 17.0 Å². The molecule has 0 saturated heterocycles. The molecule has 0 aromatic heterocycles. The van der Waals surface area contributed by atoms with Crippen LogP contribution in [0.25, 0.3) is 6.08 Å². The first kappa shape index (κ1) is 16.7. The van der Waals surface area contributed by atoms with Gasteiger partial charge in [-0.15, -0.1) is 0 Å². The minimum absolute atomic E-state index is 0.606. The normalized spacial score (nSPS) is 12.3. The third-order valence-electron chi connectivity index (χ3n) is 2.66. The van der Waals surface area contributed by atoms with Gasteiger partial charge in [0.2, 0.25) is 0 Å². The fraction of sp³-hybridized carbons (Fsp3) is 0.438. The van der Waals surface area contributed by atoms with Crippen LogP contribution in [0.4, 0.5) is 0 Å². The Balaban J connectivity index is 2.56. The van der Waals surface area contributed by atoms with Gasteiger partial charge in [-0.2, -0.15) is 0 Å². The van der Waals surface area contributed by atoms with Crippen LogP contribution in [-0.4, -0.2) is 37.9 Å². The van der Waals surface area contributed by atoms with Crippen molar-refractivity contribution in [1.29, 1.82) is 0 Å². The lowest BCUT2D eigenvalue weighted by molar-refractivity contribution is 0.125. The van der Waals surface area contributed by atoms with Crippen molar-refractivity contribution < 1.29 is 4.84 Å². The summed E-state index contributed by atoms with van der Waals surface area (Å²) in [5, 5.41) is 4.94. The molecule has 0 aliphatic heterocycles. The van der Waals surface area contributed by atoms with Crippen LogP contribution in [0.15, 0.2) is 35.5 Å². The first-order valence-corrected chi connectivity index (χ1v) is 7.27. The second kappa shape index (κ2) is 9.56. The van der Waals surface area contributed by atoms with Gasteiger partial charge in [0.1, 0.15) is 6.61 Å². The number of nitrogens with zero attached hydrogens (tertiary/aromatic N) is 2. The third-order valence-corrected chi connectivity index (χ3v) is 2.91. The molecular weight excluding hydrogens is 272 g/mol. The SMILES string of the molecule is CCCC(C=Cc1ccc(Cl)cc1)=NOCCN(C)C. The van der Waals surface area contributed by atoms with Crippen molar-refractivity contribution in [3.63, 3.8) is 0 Å². The molecule has 0 bridgehead atoms. The Morgan fingerprint density at radius 3 is 2.60 bits per heavy atom. The number of halogens is 1. The summed E-state index contributed by atoms with van der Waals surface area (Å²) in [6.07, 6.45) is 5.98. The summed E-state index contributed by atoms with van der Waals surface area (Å²) in [4.78, 5) is 7.41. The van der Waals surface area contributed by atoms with Crippen molar-refractivity contribution in [2.45, 2.75) is 19.8 Å². The van der Waals surface area contributed by atoms with Gasteiger partial charge >= 0.3 is 0 Å². The van der Waals surface area contributed by atoms with Crippen LogP contribution in [0.5, 0.6) is 0 Å². The van der Waals surface area contributed by atoms with Crippen molar-refractivity contribution in [1.82, 2.24) is 4.90 Å². The van der Waals surface area contributed by atoms with E-state index in [1.54, 1.807) is 0 Å². The van der Waals surface area contributed by atoms with Gasteiger partial charge in [0.25, 0.3) is 0 Å². The maximum Gasteiger partial charge on any atom is 0.129 e. The summed E-state index contributed by atoms with van der Waals surface area (Å²) in [5.41, 5.74) is 2.06. The Hall–Kier alpha value is -1.32. The lowest BCUT2D eigenvalue weighted by Gasteiger charge is -2.08. The Kier molecular flexibility index (Phi) is 8.00. The van der Waals surface area contributed by atoms with Gasteiger partial charge in [0.15, 0.2) is 0 Å². The Morgan fingerprint density at radius 2 is 2.00 bits per heavy atom. The summed E-state index contributed by atoms with van der Waals surface area (Å²) >= 11 is 5.86. The molecule has 4 heteroatoms. The van der Waals surface area contributed by atoms with Crippen LogP contribution in [0.3, 0.4) is 0 Å². The first-order valence-electron chi connectivity index (χ1n) is 6.89. The van der Waals surface area contributed by atoms with E-state index in [1.807, 2.05) is 50.5 Å². The molecule has 0 aliphatic carbocycles. The number of hydrogen-bond donors (Lipinski definition) is 0. The fourth-order valence-corrected chi connectivity index (χ4v) is 1.66. The molecule has 0 aliphatic rings. The zero-order valence-corrected chi connectivity index (χ0v) is 13.2. The van der Waals surface area contributed by atoms with Gasteiger partial charge in [0, 0.05) is 11.6 Å². The number of oxime groups is 1. The van der Waals surface area contributed by atoms with Gasteiger partial charge in [-0.3, -0.25) is 0 Å². The highest BCUT2D eigenvalue weighted by atomic mass is 35.5. The first-order chi connectivity index (χ1) is 9.61. The number of likely N-dealkylation sites (N-methyl/N-ethyl adjacent to an activating group) is 1. The molecule has 1 rings (SSSR count). The molecule has 0 unspecified atom stereocenters. The maximum absolute atomic E-state index is 5.86. The van der Waals surface area contributed by atoms with E-state index in [1.165, 1.54) is 0 Å². The Labute approximate surface area is 126 Å². The van der Waals surface area contributed by atoms with Gasteiger partial charge < -0.3 is 9.74 Å². The van der Waals surface area contributed by atoms with E-state index >= 15 is 0 Å². The highest BCUT2D eigenvalue weighted by molar-refractivity contribution is 6.30. The molecule has 0 radical (unpaired) electrons. The van der Waals surface area contributed by atoms with E-state index in [-0.39, 0.29) is 0 Å².